The second kappa shape index (κ2) is 3.12. The van der Waals surface area contributed by atoms with Gasteiger partial charge in [0, 0.05) is 18.0 Å². The van der Waals surface area contributed by atoms with E-state index in [0.717, 1.165) is 38.5 Å². The monoisotopic (exact) mass is 169 g/mol. The molecule has 1 heterocycles. The first kappa shape index (κ1) is 8.16. The molecule has 0 radical (unpaired) electrons. The van der Waals surface area contributed by atoms with Gasteiger partial charge in [-0.3, -0.25) is 0 Å². The fourth-order valence-corrected chi connectivity index (χ4v) is 2.06. The number of carbonyl (C=O) groups excluding carboxylic acids is 1. The van der Waals surface area contributed by atoms with Crippen molar-refractivity contribution in [2.45, 2.75) is 31.2 Å². The number of carbonyl (C=O) groups is 1. The highest BCUT2D eigenvalue weighted by Crippen LogP contribution is 2.31. The van der Waals surface area contributed by atoms with Crippen LogP contribution >= 0.6 is 0 Å². The van der Waals surface area contributed by atoms with Gasteiger partial charge in [-0.25, -0.2) is 10.9 Å². The summed E-state index contributed by atoms with van der Waals surface area (Å²) in [5, 5.41) is 0. The first-order chi connectivity index (χ1) is 5.85. The molecule has 2 fully saturated rings. The third kappa shape index (κ3) is 1.37. The molecule has 3 N–H and O–H groups in total. The zero-order valence-corrected chi connectivity index (χ0v) is 7.10. The van der Waals surface area contributed by atoms with Gasteiger partial charge >= 0.3 is 0 Å². The van der Waals surface area contributed by atoms with E-state index in [1.54, 1.807) is 0 Å². The first-order valence-corrected chi connectivity index (χ1v) is 4.55. The maximum absolute atomic E-state index is 10.5. The Balaban J connectivity index is 1.92. The van der Waals surface area contributed by atoms with Gasteiger partial charge in [-0.1, -0.05) is 0 Å². The van der Waals surface area contributed by atoms with Crippen LogP contribution in [-0.4, -0.2) is 18.4 Å². The Morgan fingerprint density at radius 3 is 2.58 bits per heavy atom. The zero-order chi connectivity index (χ0) is 8.44. The van der Waals surface area contributed by atoms with Crippen LogP contribution in [0.5, 0.6) is 0 Å². The standard InChI is InChI=1S/C8H15N3O/c12-5-7-1-3-8(4-2-7)6-9-11-10-8/h5,7,9-11H,1-4,6H2. The second-order valence-corrected chi connectivity index (χ2v) is 3.86. The molecule has 1 saturated carbocycles. The van der Waals surface area contributed by atoms with Crippen molar-refractivity contribution in [1.29, 1.82) is 0 Å². The number of hydrogen-bond acceptors (Lipinski definition) is 4. The van der Waals surface area contributed by atoms with Gasteiger partial charge in [-0.15, -0.1) is 0 Å². The molecule has 1 aliphatic heterocycles. The summed E-state index contributed by atoms with van der Waals surface area (Å²) in [5.41, 5.74) is 9.45. The molecular formula is C8H15N3O. The highest BCUT2D eigenvalue weighted by Gasteiger charge is 2.37. The molecule has 2 rings (SSSR count). The van der Waals surface area contributed by atoms with Crippen molar-refractivity contribution in [2.75, 3.05) is 6.54 Å². The van der Waals surface area contributed by atoms with E-state index < -0.39 is 0 Å². The van der Waals surface area contributed by atoms with Crippen LogP contribution < -0.4 is 16.4 Å². The first-order valence-electron chi connectivity index (χ1n) is 4.55. The van der Waals surface area contributed by atoms with Gasteiger partial charge in [0.15, 0.2) is 0 Å². The van der Waals surface area contributed by atoms with Crippen LogP contribution in [0.4, 0.5) is 0 Å². The quantitative estimate of drug-likeness (QED) is 0.473. The second-order valence-electron chi connectivity index (χ2n) is 3.86. The Kier molecular flexibility index (Phi) is 2.12. The molecule has 68 valence electrons. The van der Waals surface area contributed by atoms with Gasteiger partial charge in [0.05, 0.1) is 0 Å². The molecule has 4 nitrogen and oxygen atoms in total. The molecule has 0 atom stereocenters. The molecule has 0 bridgehead atoms. The Morgan fingerprint density at radius 2 is 2.08 bits per heavy atom. The minimum absolute atomic E-state index is 0.222. The maximum Gasteiger partial charge on any atom is 0.123 e. The number of hydrogen-bond donors (Lipinski definition) is 3. The number of nitrogens with one attached hydrogen (secondary N) is 3. The average molecular weight is 169 g/mol. The minimum Gasteiger partial charge on any atom is -0.303 e. The molecule has 1 spiro atoms. The zero-order valence-electron chi connectivity index (χ0n) is 7.10. The molecule has 0 aromatic heterocycles. The summed E-state index contributed by atoms with van der Waals surface area (Å²) in [7, 11) is 0. The maximum atomic E-state index is 10.5. The van der Waals surface area contributed by atoms with Gasteiger partial charge in [-0.2, -0.15) is 5.53 Å². The third-order valence-corrected chi connectivity index (χ3v) is 3.02. The SMILES string of the molecule is O=CC1CCC2(CC1)CNNN2. The van der Waals surface area contributed by atoms with Gasteiger partial charge in [0.1, 0.15) is 6.29 Å². The van der Waals surface area contributed by atoms with Gasteiger partial charge in [0.2, 0.25) is 0 Å². The van der Waals surface area contributed by atoms with Gasteiger partial charge in [-0.05, 0) is 25.7 Å². The van der Waals surface area contributed by atoms with E-state index in [4.69, 9.17) is 0 Å². The van der Waals surface area contributed by atoms with Crippen LogP contribution in [0.15, 0.2) is 0 Å². The lowest BCUT2D eigenvalue weighted by molar-refractivity contribution is -0.112. The van der Waals surface area contributed by atoms with Crippen LogP contribution in [0.2, 0.25) is 0 Å². The Hall–Kier alpha value is -0.450. The van der Waals surface area contributed by atoms with E-state index >= 15 is 0 Å². The van der Waals surface area contributed by atoms with Gasteiger partial charge < -0.3 is 4.79 Å². The van der Waals surface area contributed by atoms with Crippen molar-refractivity contribution < 1.29 is 4.79 Å². The van der Waals surface area contributed by atoms with E-state index in [0.29, 0.717) is 5.92 Å². The van der Waals surface area contributed by atoms with Crippen molar-refractivity contribution in [3.05, 3.63) is 0 Å². The fourth-order valence-electron chi connectivity index (χ4n) is 2.06. The molecule has 2 aliphatic rings. The van der Waals surface area contributed by atoms with Gasteiger partial charge in [0.25, 0.3) is 0 Å². The summed E-state index contributed by atoms with van der Waals surface area (Å²) in [6.07, 6.45) is 5.34. The smallest absolute Gasteiger partial charge is 0.123 e. The van der Waals surface area contributed by atoms with Crippen LogP contribution in [0.3, 0.4) is 0 Å². The number of rotatable bonds is 1. The Labute approximate surface area is 72.0 Å². The van der Waals surface area contributed by atoms with Crippen molar-refractivity contribution in [3.8, 4) is 0 Å². The summed E-state index contributed by atoms with van der Waals surface area (Å²) < 4.78 is 0. The van der Waals surface area contributed by atoms with E-state index in [-0.39, 0.29) is 5.54 Å². The molecule has 0 amide bonds. The average Bonchev–Trinajstić information content (AvgIpc) is 2.55. The van der Waals surface area contributed by atoms with Crippen molar-refractivity contribution in [1.82, 2.24) is 16.4 Å². The molecule has 0 aromatic carbocycles. The van der Waals surface area contributed by atoms with E-state index in [9.17, 15) is 4.79 Å². The van der Waals surface area contributed by atoms with Crippen LogP contribution in [0.25, 0.3) is 0 Å². The normalized spacial score (nSPS) is 41.8. The van der Waals surface area contributed by atoms with E-state index in [1.807, 2.05) is 0 Å². The summed E-state index contributed by atoms with van der Waals surface area (Å²) in [4.78, 5) is 10.5. The third-order valence-electron chi connectivity index (χ3n) is 3.02. The highest BCUT2D eigenvalue weighted by atomic mass is 16.1. The minimum atomic E-state index is 0.222. The summed E-state index contributed by atoms with van der Waals surface area (Å²) in [5.74, 6) is 0.304. The summed E-state index contributed by atoms with van der Waals surface area (Å²) in [6.45, 7) is 0.971. The Bertz CT molecular complexity index is 167. The summed E-state index contributed by atoms with van der Waals surface area (Å²) >= 11 is 0. The van der Waals surface area contributed by atoms with E-state index in [2.05, 4.69) is 16.4 Å². The molecule has 12 heavy (non-hydrogen) atoms. The molecule has 1 aliphatic carbocycles. The summed E-state index contributed by atoms with van der Waals surface area (Å²) in [6, 6.07) is 0. The lowest BCUT2D eigenvalue weighted by atomic mass is 9.78. The molecule has 0 aromatic rings. The van der Waals surface area contributed by atoms with E-state index in [1.165, 1.54) is 0 Å². The predicted molar refractivity (Wildman–Crippen MR) is 45.0 cm³/mol. The van der Waals surface area contributed by atoms with Crippen LogP contribution in [0, 0.1) is 5.92 Å². The van der Waals surface area contributed by atoms with Crippen LogP contribution in [0.1, 0.15) is 25.7 Å². The predicted octanol–water partition coefficient (Wildman–Crippen LogP) is -0.273. The van der Waals surface area contributed by atoms with Crippen molar-refractivity contribution in [2.24, 2.45) is 5.92 Å². The van der Waals surface area contributed by atoms with Crippen LogP contribution in [-0.2, 0) is 4.79 Å². The molecular weight excluding hydrogens is 154 g/mol. The largest absolute Gasteiger partial charge is 0.303 e. The molecule has 0 unspecified atom stereocenters. The molecule has 1 saturated heterocycles. The lowest BCUT2D eigenvalue weighted by Gasteiger charge is -2.34. The molecule has 4 heteroatoms. The fraction of sp³-hybridized carbons (Fsp3) is 0.875. The van der Waals surface area contributed by atoms with Crippen molar-refractivity contribution in [3.63, 3.8) is 0 Å². The number of hydrazine groups is 2. The number of aldehydes is 1. The lowest BCUT2D eigenvalue weighted by Crippen LogP contribution is -2.48. The highest BCUT2D eigenvalue weighted by molar-refractivity contribution is 5.53. The topological polar surface area (TPSA) is 53.2 Å². The van der Waals surface area contributed by atoms with Crippen molar-refractivity contribution >= 4 is 6.29 Å². The Morgan fingerprint density at radius 1 is 1.33 bits per heavy atom.